The molecule has 9 nitrogen and oxygen atoms in total. The second-order valence-electron chi connectivity index (χ2n) is 11.0. The monoisotopic (exact) mass is 735 g/mol. The lowest BCUT2D eigenvalue weighted by Crippen LogP contribution is -1.88. The molecule has 6 aromatic heterocycles. The molecule has 0 fully saturated rings. The van der Waals surface area contributed by atoms with Gasteiger partial charge >= 0.3 is 0 Å². The van der Waals surface area contributed by atoms with Crippen LogP contribution in [-0.2, 0) is 0 Å². The molecule has 0 saturated carbocycles. The molecule has 2 N–H and O–H groups in total. The van der Waals surface area contributed by atoms with Crippen molar-refractivity contribution in [3.8, 4) is 34.0 Å². The first-order valence-corrected chi connectivity index (χ1v) is 18.4. The van der Waals surface area contributed by atoms with Crippen molar-refractivity contribution >= 4 is 46.5 Å². The average molecular weight is 736 g/mol. The van der Waals surface area contributed by atoms with Crippen LogP contribution in [-0.4, -0.2) is 47.9 Å². The summed E-state index contributed by atoms with van der Waals surface area (Å²) >= 11 is 9.61. The molecular weight excluding hydrogens is 698 g/mol. The van der Waals surface area contributed by atoms with Crippen LogP contribution in [0.5, 0.6) is 11.5 Å². The summed E-state index contributed by atoms with van der Waals surface area (Å²) in [6.45, 7) is 8.01. The van der Waals surface area contributed by atoms with E-state index in [1.54, 1.807) is 43.9 Å². The summed E-state index contributed by atoms with van der Waals surface area (Å²) in [5.74, 6) is 2.44. The highest BCUT2D eigenvalue weighted by molar-refractivity contribution is 7.99. The van der Waals surface area contributed by atoms with E-state index in [-0.39, 0.29) is 0 Å². The molecular formula is C39H38ClN7O2S2. The quantitative estimate of drug-likeness (QED) is 0.160. The van der Waals surface area contributed by atoms with Gasteiger partial charge in [-0.25, -0.2) is 15.0 Å². The van der Waals surface area contributed by atoms with E-state index in [1.807, 2.05) is 128 Å². The lowest BCUT2D eigenvalue weighted by molar-refractivity contribution is 0.414. The molecule has 0 radical (unpaired) electrons. The van der Waals surface area contributed by atoms with E-state index < -0.39 is 0 Å². The van der Waals surface area contributed by atoms with Gasteiger partial charge in [-0.1, -0.05) is 49.0 Å². The minimum atomic E-state index is 0.653. The highest BCUT2D eigenvalue weighted by Gasteiger charge is 2.15. The van der Waals surface area contributed by atoms with Crippen LogP contribution < -0.4 is 9.47 Å². The summed E-state index contributed by atoms with van der Waals surface area (Å²) in [4.78, 5) is 22.4. The first kappa shape index (κ1) is 35.7. The number of fused-ring (bicyclic) bond motifs is 2. The van der Waals surface area contributed by atoms with Crippen LogP contribution >= 0.6 is 35.1 Å². The van der Waals surface area contributed by atoms with Crippen molar-refractivity contribution in [1.82, 2.24) is 33.7 Å². The molecule has 8 aromatic rings. The van der Waals surface area contributed by atoms with E-state index in [0.717, 1.165) is 76.7 Å². The van der Waals surface area contributed by atoms with Crippen molar-refractivity contribution < 1.29 is 9.47 Å². The predicted octanol–water partition coefficient (Wildman–Crippen LogP) is 10.7. The van der Waals surface area contributed by atoms with E-state index in [2.05, 4.69) is 37.1 Å². The number of rotatable bonds is 8. The number of ether oxygens (including phenoxy) is 2. The number of aromatic nitrogens is 7. The number of aromatic amines is 2. The van der Waals surface area contributed by atoms with Gasteiger partial charge in [-0.3, -0.25) is 8.80 Å². The molecule has 0 amide bonds. The van der Waals surface area contributed by atoms with Gasteiger partial charge in [0.2, 0.25) is 5.78 Å². The molecule has 12 heteroatoms. The number of methoxy groups -OCH3 is 2. The Bertz CT molecular complexity index is 2360. The Balaban J connectivity index is 0.000000168. The van der Waals surface area contributed by atoms with Crippen LogP contribution in [0.4, 0.5) is 0 Å². The molecule has 0 aliphatic carbocycles. The van der Waals surface area contributed by atoms with Crippen molar-refractivity contribution in [1.29, 1.82) is 0 Å². The fraction of sp³-hybridized carbons (Fsp3) is 0.154. The zero-order chi connectivity index (χ0) is 35.9. The van der Waals surface area contributed by atoms with Gasteiger partial charge in [0.05, 0.1) is 52.1 Å². The van der Waals surface area contributed by atoms with E-state index in [9.17, 15) is 0 Å². The third-order valence-electron chi connectivity index (χ3n) is 7.79. The largest absolute Gasteiger partial charge is 0.497 e. The fourth-order valence-corrected chi connectivity index (χ4v) is 7.39. The minimum absolute atomic E-state index is 0.653. The molecule has 0 aliphatic heterocycles. The molecule has 0 atom stereocenters. The Morgan fingerprint density at radius 3 is 1.73 bits per heavy atom. The number of hydrogen-bond acceptors (Lipinski definition) is 7. The van der Waals surface area contributed by atoms with Crippen LogP contribution in [0.2, 0.25) is 5.02 Å². The van der Waals surface area contributed by atoms with Crippen LogP contribution in [0, 0.1) is 13.8 Å². The molecule has 6 heterocycles. The predicted molar refractivity (Wildman–Crippen MR) is 208 cm³/mol. The minimum Gasteiger partial charge on any atom is -0.497 e. The number of hydrogen-bond donors (Lipinski definition) is 2. The molecule has 0 bridgehead atoms. The number of H-pyrrole nitrogens is 2. The molecule has 8 rings (SSSR count). The lowest BCUT2D eigenvalue weighted by Gasteiger charge is -2.02. The van der Waals surface area contributed by atoms with Crippen LogP contribution in [0.15, 0.2) is 130 Å². The zero-order valence-electron chi connectivity index (χ0n) is 29.1. The summed E-state index contributed by atoms with van der Waals surface area (Å²) in [5, 5.41) is 2.80. The maximum atomic E-state index is 6.26. The van der Waals surface area contributed by atoms with Gasteiger partial charge in [-0.2, -0.15) is 0 Å². The van der Waals surface area contributed by atoms with Crippen LogP contribution in [0.25, 0.3) is 33.9 Å². The lowest BCUT2D eigenvalue weighted by atomic mass is 10.2. The van der Waals surface area contributed by atoms with Gasteiger partial charge in [0.1, 0.15) is 11.5 Å². The fourth-order valence-electron chi connectivity index (χ4n) is 5.52. The topological polar surface area (TPSA) is 97.5 Å². The number of halogens is 1. The molecule has 0 spiro atoms. The zero-order valence-corrected chi connectivity index (χ0v) is 31.5. The molecule has 2 aromatic carbocycles. The molecule has 0 aliphatic rings. The second kappa shape index (κ2) is 16.3. The van der Waals surface area contributed by atoms with E-state index in [0.29, 0.717) is 5.02 Å². The van der Waals surface area contributed by atoms with Gasteiger partial charge in [0, 0.05) is 51.9 Å². The second-order valence-corrected chi connectivity index (χ2v) is 13.6. The summed E-state index contributed by atoms with van der Waals surface area (Å²) in [7, 11) is 3.34. The third kappa shape index (κ3) is 7.96. The Kier molecular flexibility index (Phi) is 11.4. The van der Waals surface area contributed by atoms with Crippen molar-refractivity contribution in [3.63, 3.8) is 0 Å². The van der Waals surface area contributed by atoms with Crippen molar-refractivity contribution in [2.24, 2.45) is 0 Å². The van der Waals surface area contributed by atoms with E-state index in [1.165, 1.54) is 0 Å². The van der Waals surface area contributed by atoms with Gasteiger partial charge in [-0.05, 0) is 92.7 Å². The maximum Gasteiger partial charge on any atom is 0.234 e. The molecule has 0 unspecified atom stereocenters. The van der Waals surface area contributed by atoms with Gasteiger partial charge in [0.15, 0.2) is 5.65 Å². The van der Waals surface area contributed by atoms with E-state index >= 15 is 0 Å². The van der Waals surface area contributed by atoms with Gasteiger partial charge < -0.3 is 19.4 Å². The van der Waals surface area contributed by atoms with Crippen molar-refractivity contribution in [2.75, 3.05) is 14.2 Å². The highest BCUT2D eigenvalue weighted by atomic mass is 35.5. The standard InChI is InChI=1S/C19H16ClN3OS.C18H16N4OS.C2H6/c1-12-18(23-9-3-4-16(20)19(23)22-12)13-10-17(21-11-13)25-15-7-5-14(24-2)6-8-15;1-12-17(22-9-3-8-19-18(22)21-12)13-10-16(20-11-13)24-15-6-4-14(23-2)5-7-15;1-2/h3-11,21H,1-2H3;3-11,20H,1-2H3;1-2H3. The normalized spacial score (nSPS) is 10.8. The molecule has 0 saturated heterocycles. The summed E-state index contributed by atoms with van der Waals surface area (Å²) in [6.07, 6.45) is 9.74. The summed E-state index contributed by atoms with van der Waals surface area (Å²) in [6, 6.07) is 26.0. The Labute approximate surface area is 310 Å². The first-order valence-electron chi connectivity index (χ1n) is 16.3. The Morgan fingerprint density at radius 1 is 0.667 bits per heavy atom. The number of imidazole rings is 2. The van der Waals surface area contributed by atoms with Crippen molar-refractivity contribution in [3.05, 3.63) is 126 Å². The smallest absolute Gasteiger partial charge is 0.234 e. The van der Waals surface area contributed by atoms with Gasteiger partial charge in [-0.15, -0.1) is 0 Å². The first-order chi connectivity index (χ1) is 24.9. The van der Waals surface area contributed by atoms with Crippen LogP contribution in [0.3, 0.4) is 0 Å². The highest BCUT2D eigenvalue weighted by Crippen LogP contribution is 2.35. The Morgan fingerprint density at radius 2 is 1.18 bits per heavy atom. The summed E-state index contributed by atoms with van der Waals surface area (Å²) in [5.41, 5.74) is 7.00. The maximum absolute atomic E-state index is 6.26. The number of benzene rings is 2. The molecule has 260 valence electrons. The number of aryl methyl sites for hydroxylation is 2. The SMILES string of the molecule is CC.COc1ccc(Sc2cc(-c3c(C)nc4c(Cl)cccn34)c[nH]2)cc1.COc1ccc(Sc2cc(-c3c(C)nc4ncccn34)c[nH]2)cc1. The number of nitrogens with one attached hydrogen (secondary N) is 2. The average Bonchev–Trinajstić information content (AvgIpc) is 3.95. The number of pyridine rings is 1. The number of nitrogens with zero attached hydrogens (tertiary/aromatic N) is 5. The third-order valence-corrected chi connectivity index (χ3v) is 10.0. The van der Waals surface area contributed by atoms with E-state index in [4.69, 9.17) is 21.1 Å². The molecule has 51 heavy (non-hydrogen) atoms. The van der Waals surface area contributed by atoms with Crippen LogP contribution in [0.1, 0.15) is 25.2 Å². The summed E-state index contributed by atoms with van der Waals surface area (Å²) < 4.78 is 14.4. The van der Waals surface area contributed by atoms with Gasteiger partial charge in [0.25, 0.3) is 0 Å². The Hall–Kier alpha value is -5.10. The van der Waals surface area contributed by atoms with Crippen molar-refractivity contribution in [2.45, 2.75) is 47.5 Å².